The predicted molar refractivity (Wildman–Crippen MR) is 95.2 cm³/mol. The smallest absolute Gasteiger partial charge is 0.259 e. The molecule has 1 N–H and O–H groups in total. The summed E-state index contributed by atoms with van der Waals surface area (Å²) in [5, 5.41) is 1.28. The van der Waals surface area contributed by atoms with Crippen molar-refractivity contribution >= 4 is 61.1 Å². The topological polar surface area (TPSA) is 45.8 Å². The molecule has 3 rings (SSSR count). The summed E-state index contributed by atoms with van der Waals surface area (Å²) in [6.45, 7) is 0. The third-order valence-corrected chi connectivity index (χ3v) is 4.05. The highest BCUT2D eigenvalue weighted by molar-refractivity contribution is 9.10. The number of nitrogens with zero attached hydrogens (tertiary/aromatic N) is 1. The van der Waals surface area contributed by atoms with Gasteiger partial charge in [-0.15, -0.1) is 0 Å². The summed E-state index contributed by atoms with van der Waals surface area (Å²) >= 11 is 15.6. The second kappa shape index (κ2) is 6.24. The summed E-state index contributed by atoms with van der Waals surface area (Å²) in [5.74, 6) is 0.321. The second-order valence-corrected chi connectivity index (χ2v) is 6.38. The molecule has 0 aliphatic heterocycles. The van der Waals surface area contributed by atoms with Gasteiger partial charge in [-0.25, -0.2) is 4.98 Å². The van der Waals surface area contributed by atoms with Crippen molar-refractivity contribution in [3.63, 3.8) is 0 Å². The van der Waals surface area contributed by atoms with E-state index in [2.05, 4.69) is 25.9 Å². The van der Waals surface area contributed by atoms with E-state index in [0.29, 0.717) is 26.8 Å². The summed E-state index contributed by atoms with van der Waals surface area (Å²) in [5.41, 5.74) is 1.17. The molecule has 0 bridgehead atoms. The third kappa shape index (κ3) is 3.24. The van der Waals surface area contributed by atoms with Gasteiger partial charge in [-0.3, -0.25) is 4.79 Å². The lowest BCUT2D eigenvalue weighted by molar-refractivity contribution is 1.14. The van der Waals surface area contributed by atoms with Crippen LogP contribution in [0.3, 0.4) is 0 Å². The van der Waals surface area contributed by atoms with Gasteiger partial charge in [-0.05, 0) is 42.0 Å². The SMILES string of the molecule is O=c1[nH]c(/C(Cl)=C/c2cccc(Br)c2)nc2ccc(Cl)cc12. The lowest BCUT2D eigenvalue weighted by Gasteiger charge is -2.03. The second-order valence-electron chi connectivity index (χ2n) is 4.62. The van der Waals surface area contributed by atoms with Gasteiger partial charge in [-0.2, -0.15) is 0 Å². The molecular formula is C16H9BrCl2N2O. The van der Waals surface area contributed by atoms with Crippen LogP contribution >= 0.6 is 39.1 Å². The Hall–Kier alpha value is -1.62. The number of halogens is 3. The van der Waals surface area contributed by atoms with E-state index in [9.17, 15) is 4.79 Å². The standard InChI is InChI=1S/C16H9BrCl2N2O/c17-10-3-1-2-9(6-10)7-13(19)15-20-14-5-4-11(18)8-12(14)16(22)21-15/h1-8H,(H,20,21,22)/b13-7-. The number of benzene rings is 2. The van der Waals surface area contributed by atoms with Crippen molar-refractivity contribution in [3.05, 3.63) is 73.7 Å². The molecule has 3 nitrogen and oxygen atoms in total. The number of hydrogen-bond donors (Lipinski definition) is 1. The van der Waals surface area contributed by atoms with Gasteiger partial charge in [0.25, 0.3) is 5.56 Å². The van der Waals surface area contributed by atoms with Crippen molar-refractivity contribution in [2.75, 3.05) is 0 Å². The summed E-state index contributed by atoms with van der Waals surface area (Å²) in [7, 11) is 0. The van der Waals surface area contributed by atoms with E-state index in [-0.39, 0.29) is 5.56 Å². The number of aromatic nitrogens is 2. The van der Waals surface area contributed by atoms with Crippen LogP contribution < -0.4 is 5.56 Å². The zero-order valence-electron chi connectivity index (χ0n) is 11.1. The summed E-state index contributed by atoms with van der Waals surface area (Å²) in [6, 6.07) is 12.6. The fourth-order valence-electron chi connectivity index (χ4n) is 2.04. The average Bonchev–Trinajstić information content (AvgIpc) is 2.48. The Morgan fingerprint density at radius 2 is 2.05 bits per heavy atom. The summed E-state index contributed by atoms with van der Waals surface area (Å²) < 4.78 is 0.945. The third-order valence-electron chi connectivity index (χ3n) is 3.04. The molecule has 0 unspecified atom stereocenters. The maximum absolute atomic E-state index is 12.1. The molecule has 2 aromatic carbocycles. The minimum Gasteiger partial charge on any atom is -0.305 e. The van der Waals surface area contributed by atoms with Gasteiger partial charge in [-0.1, -0.05) is 51.3 Å². The van der Waals surface area contributed by atoms with Gasteiger partial charge in [0.05, 0.1) is 15.9 Å². The molecule has 110 valence electrons. The molecular weight excluding hydrogens is 387 g/mol. The van der Waals surface area contributed by atoms with Crippen LogP contribution in [0.2, 0.25) is 5.02 Å². The van der Waals surface area contributed by atoms with E-state index in [0.717, 1.165) is 10.0 Å². The minimum atomic E-state index is -0.275. The first-order valence-corrected chi connectivity index (χ1v) is 7.90. The number of H-pyrrole nitrogens is 1. The zero-order valence-corrected chi connectivity index (χ0v) is 14.2. The molecule has 0 atom stereocenters. The van der Waals surface area contributed by atoms with Crippen LogP contribution in [0.4, 0.5) is 0 Å². The first-order chi connectivity index (χ1) is 10.5. The van der Waals surface area contributed by atoms with Crippen LogP contribution in [-0.2, 0) is 0 Å². The number of fused-ring (bicyclic) bond motifs is 1. The van der Waals surface area contributed by atoms with E-state index in [4.69, 9.17) is 23.2 Å². The molecule has 6 heteroatoms. The number of rotatable bonds is 2. The van der Waals surface area contributed by atoms with Crippen molar-refractivity contribution in [3.8, 4) is 0 Å². The first-order valence-electron chi connectivity index (χ1n) is 6.36. The van der Waals surface area contributed by atoms with Crippen LogP contribution in [-0.4, -0.2) is 9.97 Å². The zero-order chi connectivity index (χ0) is 15.7. The van der Waals surface area contributed by atoms with Gasteiger partial charge in [0.15, 0.2) is 5.82 Å². The number of aromatic amines is 1. The van der Waals surface area contributed by atoms with Crippen LogP contribution in [0.5, 0.6) is 0 Å². The molecule has 0 spiro atoms. The largest absolute Gasteiger partial charge is 0.305 e. The summed E-state index contributed by atoms with van der Waals surface area (Å²) in [4.78, 5) is 19.2. The molecule has 0 saturated heterocycles. The molecule has 0 fully saturated rings. The van der Waals surface area contributed by atoms with Crippen molar-refractivity contribution in [2.24, 2.45) is 0 Å². The van der Waals surface area contributed by atoms with Crippen molar-refractivity contribution in [1.82, 2.24) is 9.97 Å². The van der Waals surface area contributed by atoms with Crippen LogP contribution in [0.25, 0.3) is 22.0 Å². The Labute approximate surface area is 144 Å². The van der Waals surface area contributed by atoms with Gasteiger partial charge in [0.1, 0.15) is 0 Å². The molecule has 0 aliphatic rings. The van der Waals surface area contributed by atoms with Crippen LogP contribution in [0.1, 0.15) is 11.4 Å². The molecule has 1 aromatic heterocycles. The highest BCUT2D eigenvalue weighted by atomic mass is 79.9. The van der Waals surface area contributed by atoms with Crippen molar-refractivity contribution in [1.29, 1.82) is 0 Å². The van der Waals surface area contributed by atoms with E-state index >= 15 is 0 Å². The van der Waals surface area contributed by atoms with Gasteiger partial charge >= 0.3 is 0 Å². The quantitative estimate of drug-likeness (QED) is 0.657. The van der Waals surface area contributed by atoms with E-state index in [1.54, 1.807) is 24.3 Å². The molecule has 1 heterocycles. The molecule has 0 aliphatic carbocycles. The van der Waals surface area contributed by atoms with Crippen LogP contribution in [0, 0.1) is 0 Å². The average molecular weight is 396 g/mol. The van der Waals surface area contributed by atoms with E-state index in [1.807, 2.05) is 24.3 Å². The van der Waals surface area contributed by atoms with E-state index in [1.165, 1.54) is 0 Å². The Bertz CT molecular complexity index is 950. The molecule has 0 saturated carbocycles. The predicted octanol–water partition coefficient (Wildman–Crippen LogP) is 5.08. The fourth-order valence-corrected chi connectivity index (χ4v) is 2.84. The first kappa shape index (κ1) is 15.3. The van der Waals surface area contributed by atoms with Crippen LogP contribution in [0.15, 0.2) is 51.7 Å². The van der Waals surface area contributed by atoms with E-state index < -0.39 is 0 Å². The van der Waals surface area contributed by atoms with Gasteiger partial charge < -0.3 is 4.98 Å². The number of hydrogen-bond acceptors (Lipinski definition) is 2. The lowest BCUT2D eigenvalue weighted by atomic mass is 10.2. The minimum absolute atomic E-state index is 0.275. The highest BCUT2D eigenvalue weighted by Crippen LogP contribution is 2.22. The lowest BCUT2D eigenvalue weighted by Crippen LogP contribution is -2.10. The van der Waals surface area contributed by atoms with Crippen molar-refractivity contribution in [2.45, 2.75) is 0 Å². The Balaban J connectivity index is 2.10. The number of nitrogens with one attached hydrogen (secondary N) is 1. The Morgan fingerprint density at radius 3 is 2.82 bits per heavy atom. The maximum Gasteiger partial charge on any atom is 0.259 e. The normalized spacial score (nSPS) is 11.9. The monoisotopic (exact) mass is 394 g/mol. The highest BCUT2D eigenvalue weighted by Gasteiger charge is 2.07. The summed E-state index contributed by atoms with van der Waals surface area (Å²) in [6.07, 6.45) is 1.74. The van der Waals surface area contributed by atoms with Gasteiger partial charge in [0, 0.05) is 9.50 Å². The van der Waals surface area contributed by atoms with Crippen molar-refractivity contribution < 1.29 is 0 Å². The Kier molecular flexibility index (Phi) is 4.34. The molecule has 0 radical (unpaired) electrons. The molecule has 22 heavy (non-hydrogen) atoms. The Morgan fingerprint density at radius 1 is 1.23 bits per heavy atom. The maximum atomic E-state index is 12.1. The molecule has 3 aromatic rings. The van der Waals surface area contributed by atoms with Gasteiger partial charge in [0.2, 0.25) is 0 Å². The fraction of sp³-hybridized carbons (Fsp3) is 0. The molecule has 0 amide bonds.